The summed E-state index contributed by atoms with van der Waals surface area (Å²) in [5, 5.41) is 0. The van der Waals surface area contributed by atoms with Crippen LogP contribution in [0, 0.1) is 6.92 Å². The molecule has 0 amide bonds. The molecule has 0 aliphatic carbocycles. The molecule has 0 radical (unpaired) electrons. The highest BCUT2D eigenvalue weighted by Gasteiger charge is 2.40. The van der Waals surface area contributed by atoms with E-state index in [2.05, 4.69) is 4.74 Å². The largest absolute Gasteiger partial charge is 0.435 e. The van der Waals surface area contributed by atoms with Gasteiger partial charge in [-0.25, -0.2) is 4.99 Å². The minimum Gasteiger partial charge on any atom is -0.435 e. The van der Waals surface area contributed by atoms with E-state index in [-0.39, 0.29) is 5.75 Å². The predicted molar refractivity (Wildman–Crippen MR) is 89.3 cm³/mol. The maximum Gasteiger partial charge on any atom is 0.387 e. The predicted octanol–water partition coefficient (Wildman–Crippen LogP) is 3.10. The number of aliphatic imine (C=N–C) groups is 1. The third kappa shape index (κ3) is 2.79. The van der Waals surface area contributed by atoms with Crippen LogP contribution in [0.2, 0.25) is 0 Å². The van der Waals surface area contributed by atoms with Crippen molar-refractivity contribution in [2.45, 2.75) is 19.1 Å². The smallest absolute Gasteiger partial charge is 0.387 e. The van der Waals surface area contributed by atoms with E-state index >= 15 is 0 Å². The Morgan fingerprint density at radius 2 is 1.88 bits per heavy atom. The zero-order valence-electron chi connectivity index (χ0n) is 13.5. The fourth-order valence-electron chi connectivity index (χ4n) is 3.07. The summed E-state index contributed by atoms with van der Waals surface area (Å²) < 4.78 is 29.5. The second kappa shape index (κ2) is 6.11. The number of hydrogen-bond donors (Lipinski definition) is 1. The molecule has 1 atom stereocenters. The van der Waals surface area contributed by atoms with Crippen LogP contribution in [0.5, 0.6) is 5.75 Å². The van der Waals surface area contributed by atoms with E-state index < -0.39 is 12.2 Å². The molecular weight excluding hydrogens is 312 g/mol. The van der Waals surface area contributed by atoms with E-state index in [1.165, 1.54) is 0 Å². The van der Waals surface area contributed by atoms with Crippen molar-refractivity contribution in [2.24, 2.45) is 10.7 Å². The average molecular weight is 331 g/mol. The van der Waals surface area contributed by atoms with Crippen molar-refractivity contribution in [1.82, 2.24) is 4.90 Å². The molecule has 1 aliphatic rings. The number of nitrogens with zero attached hydrogens (tertiary/aromatic N) is 2. The van der Waals surface area contributed by atoms with Crippen LogP contribution in [0.25, 0.3) is 0 Å². The first-order valence-corrected chi connectivity index (χ1v) is 7.60. The van der Waals surface area contributed by atoms with Crippen LogP contribution in [0.1, 0.15) is 16.7 Å². The van der Waals surface area contributed by atoms with E-state index in [1.54, 1.807) is 19.1 Å². The second-order valence-corrected chi connectivity index (χ2v) is 5.91. The molecule has 2 N–H and O–H groups in total. The van der Waals surface area contributed by atoms with Gasteiger partial charge in [0.25, 0.3) is 0 Å². The van der Waals surface area contributed by atoms with Crippen LogP contribution >= 0.6 is 0 Å². The first-order chi connectivity index (χ1) is 11.4. The van der Waals surface area contributed by atoms with E-state index in [0.29, 0.717) is 18.1 Å². The quantitative estimate of drug-likeness (QED) is 0.937. The number of ether oxygens (including phenoxy) is 1. The van der Waals surface area contributed by atoms with Crippen molar-refractivity contribution in [2.75, 3.05) is 13.6 Å². The molecule has 1 heterocycles. The van der Waals surface area contributed by atoms with Gasteiger partial charge in [-0.15, -0.1) is 0 Å². The number of hydrogen-bond acceptors (Lipinski definition) is 4. The number of alkyl halides is 2. The van der Waals surface area contributed by atoms with Gasteiger partial charge in [-0.3, -0.25) is 0 Å². The topological polar surface area (TPSA) is 50.8 Å². The van der Waals surface area contributed by atoms with Gasteiger partial charge in [0.2, 0.25) is 0 Å². The van der Waals surface area contributed by atoms with Gasteiger partial charge in [-0.2, -0.15) is 8.78 Å². The van der Waals surface area contributed by atoms with Crippen molar-refractivity contribution in [3.05, 3.63) is 65.2 Å². The number of likely N-dealkylation sites (N-methyl/N-ethyl adjacent to an activating group) is 1. The van der Waals surface area contributed by atoms with E-state index in [9.17, 15) is 8.78 Å². The molecular formula is C18H19F2N3O. The standard InChI is InChI=1S/C18H19F2N3O/c1-12-10-14(8-9-15(12)24-16(19)20)18(11-23(2)17(21)22-18)13-6-4-3-5-7-13/h3-10,16H,11H2,1-2H3,(H2,21,22)/t18-/m0/s1. The van der Waals surface area contributed by atoms with Gasteiger partial charge in [0, 0.05) is 7.05 Å². The molecule has 0 aromatic heterocycles. The van der Waals surface area contributed by atoms with Gasteiger partial charge < -0.3 is 15.4 Å². The number of nitrogens with two attached hydrogens (primary N) is 1. The Balaban J connectivity index is 2.10. The minimum atomic E-state index is -2.84. The maximum atomic E-state index is 12.5. The van der Waals surface area contributed by atoms with Crippen molar-refractivity contribution >= 4 is 5.96 Å². The number of halogens is 2. The summed E-state index contributed by atoms with van der Waals surface area (Å²) in [7, 11) is 1.88. The summed E-state index contributed by atoms with van der Waals surface area (Å²) in [4.78, 5) is 6.59. The molecule has 0 saturated carbocycles. The first-order valence-electron chi connectivity index (χ1n) is 7.60. The van der Waals surface area contributed by atoms with Crippen molar-refractivity contribution < 1.29 is 13.5 Å². The minimum absolute atomic E-state index is 0.167. The van der Waals surface area contributed by atoms with Crippen molar-refractivity contribution in [3.63, 3.8) is 0 Å². The molecule has 0 bridgehead atoms. The van der Waals surface area contributed by atoms with E-state index in [4.69, 9.17) is 10.7 Å². The molecule has 2 aromatic rings. The molecule has 1 aliphatic heterocycles. The number of guanidine groups is 1. The SMILES string of the molecule is Cc1cc([C@@]2(c3ccccc3)CN(C)C(N)=N2)ccc1OC(F)F. The normalized spacial score (nSPS) is 20.4. The molecule has 3 rings (SSSR count). The highest BCUT2D eigenvalue weighted by atomic mass is 19.3. The molecule has 4 nitrogen and oxygen atoms in total. The summed E-state index contributed by atoms with van der Waals surface area (Å²) >= 11 is 0. The van der Waals surface area contributed by atoms with Crippen LogP contribution < -0.4 is 10.5 Å². The van der Waals surface area contributed by atoms with Crippen LogP contribution in [0.4, 0.5) is 8.78 Å². The number of aryl methyl sites for hydroxylation is 1. The highest BCUT2D eigenvalue weighted by molar-refractivity contribution is 5.81. The fraction of sp³-hybridized carbons (Fsp3) is 0.278. The monoisotopic (exact) mass is 331 g/mol. The molecule has 24 heavy (non-hydrogen) atoms. The first kappa shape index (κ1) is 16.2. The lowest BCUT2D eigenvalue weighted by Gasteiger charge is -2.28. The highest BCUT2D eigenvalue weighted by Crippen LogP contribution is 2.39. The van der Waals surface area contributed by atoms with Gasteiger partial charge in [-0.05, 0) is 35.7 Å². The van der Waals surface area contributed by atoms with Crippen LogP contribution in [-0.4, -0.2) is 31.1 Å². The number of benzene rings is 2. The number of rotatable bonds is 4. The Bertz CT molecular complexity index is 764. The van der Waals surface area contributed by atoms with Gasteiger partial charge in [0.05, 0.1) is 6.54 Å². The lowest BCUT2D eigenvalue weighted by Crippen LogP contribution is -2.34. The van der Waals surface area contributed by atoms with E-state index in [0.717, 1.165) is 11.1 Å². The summed E-state index contributed by atoms with van der Waals surface area (Å²) in [5.41, 5.74) is 7.88. The van der Waals surface area contributed by atoms with Crippen molar-refractivity contribution in [1.29, 1.82) is 0 Å². The van der Waals surface area contributed by atoms with Gasteiger partial charge in [-0.1, -0.05) is 36.4 Å². The van der Waals surface area contributed by atoms with Gasteiger partial charge in [0.15, 0.2) is 5.96 Å². The maximum absolute atomic E-state index is 12.5. The Labute approximate surface area is 139 Å². The third-order valence-electron chi connectivity index (χ3n) is 4.28. The lowest BCUT2D eigenvalue weighted by molar-refractivity contribution is -0.0503. The molecule has 2 aromatic carbocycles. The summed E-state index contributed by atoms with van der Waals surface area (Å²) in [5.74, 6) is 0.615. The van der Waals surface area contributed by atoms with Crippen molar-refractivity contribution in [3.8, 4) is 5.75 Å². The Morgan fingerprint density at radius 1 is 1.17 bits per heavy atom. The Kier molecular flexibility index (Phi) is 4.13. The van der Waals surface area contributed by atoms with E-state index in [1.807, 2.05) is 48.3 Å². The zero-order valence-corrected chi connectivity index (χ0v) is 13.5. The van der Waals surface area contributed by atoms with Crippen LogP contribution in [-0.2, 0) is 5.54 Å². The summed E-state index contributed by atoms with van der Waals surface area (Å²) in [6.45, 7) is -0.521. The Hall–Kier alpha value is -2.63. The molecule has 0 spiro atoms. The lowest BCUT2D eigenvalue weighted by atomic mass is 9.83. The van der Waals surface area contributed by atoms with Gasteiger partial charge in [0.1, 0.15) is 11.3 Å². The third-order valence-corrected chi connectivity index (χ3v) is 4.28. The van der Waals surface area contributed by atoms with Crippen LogP contribution in [0.3, 0.4) is 0 Å². The second-order valence-electron chi connectivity index (χ2n) is 5.91. The molecule has 0 saturated heterocycles. The zero-order chi connectivity index (χ0) is 17.3. The molecule has 0 unspecified atom stereocenters. The molecule has 126 valence electrons. The van der Waals surface area contributed by atoms with Crippen LogP contribution in [0.15, 0.2) is 53.5 Å². The summed E-state index contributed by atoms with van der Waals surface area (Å²) in [6.07, 6.45) is 0. The van der Waals surface area contributed by atoms with Gasteiger partial charge >= 0.3 is 6.61 Å². The molecule has 0 fully saturated rings. The molecule has 6 heteroatoms. The average Bonchev–Trinajstić information content (AvgIpc) is 2.86. The Morgan fingerprint density at radius 3 is 2.42 bits per heavy atom. The summed E-state index contributed by atoms with van der Waals surface area (Å²) in [6, 6.07) is 15.0. The fourth-order valence-corrected chi connectivity index (χ4v) is 3.07.